The molecule has 0 spiro atoms. The molecule has 1 atom stereocenters. The van der Waals surface area contributed by atoms with Gasteiger partial charge in [0.05, 0.1) is 18.0 Å². The summed E-state index contributed by atoms with van der Waals surface area (Å²) < 4.78 is 10.4. The highest BCUT2D eigenvalue weighted by atomic mass is 16.5. The van der Waals surface area contributed by atoms with Gasteiger partial charge in [-0.2, -0.15) is 0 Å². The summed E-state index contributed by atoms with van der Waals surface area (Å²) in [6.07, 6.45) is 2.34. The van der Waals surface area contributed by atoms with E-state index in [1.807, 2.05) is 26.0 Å². The molecule has 1 N–H and O–H groups in total. The Kier molecular flexibility index (Phi) is 3.72. The average Bonchev–Trinajstić information content (AvgIpc) is 2.55. The number of aliphatic hydroxyl groups excluding tert-OH is 1. The van der Waals surface area contributed by atoms with Crippen molar-refractivity contribution in [3.05, 3.63) is 24.2 Å². The van der Waals surface area contributed by atoms with E-state index in [0.29, 0.717) is 12.8 Å². The summed E-state index contributed by atoms with van der Waals surface area (Å²) in [5.74, 6) is 0.810. The fraction of sp³-hybridized carbons (Fsp3) is 0.636. The van der Waals surface area contributed by atoms with Gasteiger partial charge in [0, 0.05) is 20.0 Å². The van der Waals surface area contributed by atoms with Gasteiger partial charge in [-0.25, -0.2) is 0 Å². The average molecular weight is 198 g/mol. The first-order valence-corrected chi connectivity index (χ1v) is 4.79. The summed E-state index contributed by atoms with van der Waals surface area (Å²) in [5.41, 5.74) is -0.286. The zero-order valence-electron chi connectivity index (χ0n) is 8.99. The monoisotopic (exact) mass is 198 g/mol. The molecular weight excluding hydrogens is 180 g/mol. The van der Waals surface area contributed by atoms with Crippen molar-refractivity contribution in [2.24, 2.45) is 0 Å². The van der Waals surface area contributed by atoms with Crippen LogP contribution in [0.4, 0.5) is 0 Å². The molecule has 0 aromatic carbocycles. The molecule has 0 saturated heterocycles. The Labute approximate surface area is 84.7 Å². The predicted molar refractivity (Wildman–Crippen MR) is 54.1 cm³/mol. The SMILES string of the molecule is COC(C)(C)CC(O)Cc1ccco1. The van der Waals surface area contributed by atoms with Gasteiger partial charge in [-0.1, -0.05) is 0 Å². The van der Waals surface area contributed by atoms with Crippen LogP contribution in [0.3, 0.4) is 0 Å². The van der Waals surface area contributed by atoms with Crippen LogP contribution in [0.1, 0.15) is 26.0 Å². The molecule has 1 unspecified atom stereocenters. The first-order valence-electron chi connectivity index (χ1n) is 4.79. The molecule has 1 heterocycles. The maximum absolute atomic E-state index is 9.75. The van der Waals surface area contributed by atoms with Crippen LogP contribution in [0.2, 0.25) is 0 Å². The number of furan rings is 1. The van der Waals surface area contributed by atoms with Gasteiger partial charge in [-0.3, -0.25) is 0 Å². The van der Waals surface area contributed by atoms with Crippen molar-refractivity contribution in [3.63, 3.8) is 0 Å². The molecule has 3 nitrogen and oxygen atoms in total. The number of aliphatic hydroxyl groups is 1. The van der Waals surface area contributed by atoms with Gasteiger partial charge in [0.15, 0.2) is 0 Å². The standard InChI is InChI=1S/C11H18O3/c1-11(2,13-3)8-9(12)7-10-5-4-6-14-10/h4-6,9,12H,7-8H2,1-3H3. The zero-order chi connectivity index (χ0) is 10.6. The number of ether oxygens (including phenoxy) is 1. The van der Waals surface area contributed by atoms with Crippen molar-refractivity contribution >= 4 is 0 Å². The molecule has 14 heavy (non-hydrogen) atoms. The Morgan fingerprint density at radius 3 is 2.79 bits per heavy atom. The Balaban J connectivity index is 2.40. The van der Waals surface area contributed by atoms with Gasteiger partial charge >= 0.3 is 0 Å². The van der Waals surface area contributed by atoms with Crippen molar-refractivity contribution in [2.75, 3.05) is 7.11 Å². The second-order valence-electron chi connectivity index (χ2n) is 4.11. The van der Waals surface area contributed by atoms with Crippen molar-refractivity contribution in [1.29, 1.82) is 0 Å². The molecule has 80 valence electrons. The molecule has 0 amide bonds. The van der Waals surface area contributed by atoms with Crippen molar-refractivity contribution in [3.8, 4) is 0 Å². The molecular formula is C11H18O3. The number of methoxy groups -OCH3 is 1. The smallest absolute Gasteiger partial charge is 0.106 e. The quantitative estimate of drug-likeness (QED) is 0.786. The van der Waals surface area contributed by atoms with Crippen LogP contribution < -0.4 is 0 Å². The normalized spacial score (nSPS) is 14.3. The van der Waals surface area contributed by atoms with Gasteiger partial charge in [0.2, 0.25) is 0 Å². The highest BCUT2D eigenvalue weighted by Crippen LogP contribution is 2.18. The fourth-order valence-electron chi connectivity index (χ4n) is 1.38. The highest BCUT2D eigenvalue weighted by Gasteiger charge is 2.21. The molecule has 0 aliphatic rings. The highest BCUT2D eigenvalue weighted by molar-refractivity contribution is 4.99. The first-order chi connectivity index (χ1) is 6.53. The van der Waals surface area contributed by atoms with Crippen LogP contribution in [0.15, 0.2) is 22.8 Å². The topological polar surface area (TPSA) is 42.6 Å². The minimum Gasteiger partial charge on any atom is -0.469 e. The largest absolute Gasteiger partial charge is 0.469 e. The van der Waals surface area contributed by atoms with Crippen molar-refractivity contribution in [2.45, 2.75) is 38.4 Å². The lowest BCUT2D eigenvalue weighted by Crippen LogP contribution is -2.29. The van der Waals surface area contributed by atoms with Crippen LogP contribution >= 0.6 is 0 Å². The third-order valence-electron chi connectivity index (χ3n) is 2.30. The van der Waals surface area contributed by atoms with E-state index in [0.717, 1.165) is 5.76 Å². The molecule has 3 heteroatoms. The Bertz CT molecular complexity index is 252. The van der Waals surface area contributed by atoms with Gasteiger partial charge in [0.25, 0.3) is 0 Å². The van der Waals surface area contributed by atoms with Gasteiger partial charge in [-0.15, -0.1) is 0 Å². The lowest BCUT2D eigenvalue weighted by atomic mass is 9.98. The number of hydrogen-bond acceptors (Lipinski definition) is 3. The summed E-state index contributed by atoms with van der Waals surface area (Å²) in [5, 5.41) is 9.75. The van der Waals surface area contributed by atoms with E-state index in [-0.39, 0.29) is 5.60 Å². The summed E-state index contributed by atoms with van der Waals surface area (Å²) in [7, 11) is 1.65. The minimum atomic E-state index is -0.420. The van der Waals surface area contributed by atoms with Crippen LogP contribution in [0.5, 0.6) is 0 Å². The Hall–Kier alpha value is -0.800. The van der Waals surface area contributed by atoms with E-state index in [2.05, 4.69) is 0 Å². The van der Waals surface area contributed by atoms with Gasteiger partial charge in [-0.05, 0) is 26.0 Å². The third kappa shape index (κ3) is 3.52. The predicted octanol–water partition coefficient (Wildman–Crippen LogP) is 2.00. The van der Waals surface area contributed by atoms with Crippen LogP contribution in [-0.4, -0.2) is 23.9 Å². The summed E-state index contributed by atoms with van der Waals surface area (Å²) in [4.78, 5) is 0. The van der Waals surface area contributed by atoms with Crippen molar-refractivity contribution in [1.82, 2.24) is 0 Å². The van der Waals surface area contributed by atoms with E-state index in [9.17, 15) is 5.11 Å². The number of hydrogen-bond donors (Lipinski definition) is 1. The molecule has 0 saturated carbocycles. The second-order valence-corrected chi connectivity index (χ2v) is 4.11. The molecule has 1 aromatic heterocycles. The van der Waals surface area contributed by atoms with E-state index in [1.165, 1.54) is 0 Å². The fourth-order valence-corrected chi connectivity index (χ4v) is 1.38. The molecule has 0 aliphatic heterocycles. The summed E-state index contributed by atoms with van der Waals surface area (Å²) in [6, 6.07) is 3.69. The van der Waals surface area contributed by atoms with Crippen LogP contribution in [0.25, 0.3) is 0 Å². The van der Waals surface area contributed by atoms with Crippen LogP contribution in [-0.2, 0) is 11.2 Å². The first kappa shape index (κ1) is 11.3. The molecule has 0 aliphatic carbocycles. The molecule has 1 rings (SSSR count). The van der Waals surface area contributed by atoms with Gasteiger partial charge in [0.1, 0.15) is 5.76 Å². The Morgan fingerprint density at radius 2 is 2.29 bits per heavy atom. The number of rotatable bonds is 5. The maximum atomic E-state index is 9.75. The van der Waals surface area contributed by atoms with E-state index in [1.54, 1.807) is 13.4 Å². The molecule has 0 radical (unpaired) electrons. The van der Waals surface area contributed by atoms with E-state index >= 15 is 0 Å². The molecule has 0 fully saturated rings. The third-order valence-corrected chi connectivity index (χ3v) is 2.30. The summed E-state index contributed by atoms with van der Waals surface area (Å²) >= 11 is 0. The van der Waals surface area contributed by atoms with Crippen molar-refractivity contribution < 1.29 is 14.3 Å². The zero-order valence-corrected chi connectivity index (χ0v) is 8.99. The van der Waals surface area contributed by atoms with Crippen LogP contribution in [0, 0.1) is 0 Å². The molecule has 0 bridgehead atoms. The lowest BCUT2D eigenvalue weighted by Gasteiger charge is -2.25. The van der Waals surface area contributed by atoms with E-state index < -0.39 is 6.10 Å². The van der Waals surface area contributed by atoms with Gasteiger partial charge < -0.3 is 14.3 Å². The maximum Gasteiger partial charge on any atom is 0.106 e. The second kappa shape index (κ2) is 4.62. The Morgan fingerprint density at radius 1 is 1.57 bits per heavy atom. The lowest BCUT2D eigenvalue weighted by molar-refractivity contribution is -0.0199. The molecule has 1 aromatic rings. The van der Waals surface area contributed by atoms with E-state index in [4.69, 9.17) is 9.15 Å². The summed E-state index contributed by atoms with van der Waals surface area (Å²) in [6.45, 7) is 3.91. The minimum absolute atomic E-state index is 0.286.